The molecule has 2 rings (SSSR count). The first-order valence-electron chi connectivity index (χ1n) is 4.69. The molecule has 0 bridgehead atoms. The van der Waals surface area contributed by atoms with E-state index in [1.54, 1.807) is 0 Å². The Kier molecular flexibility index (Phi) is 2.61. The topological polar surface area (TPSA) is 93.5 Å². The van der Waals surface area contributed by atoms with Crippen LogP contribution in [-0.2, 0) is 10.0 Å². The van der Waals surface area contributed by atoms with Crippen LogP contribution in [0.5, 0.6) is 0 Å². The van der Waals surface area contributed by atoms with Crippen molar-refractivity contribution in [3.8, 4) is 0 Å². The highest BCUT2D eigenvalue weighted by Crippen LogP contribution is 2.48. The number of hydrogen-bond donors (Lipinski definition) is 2. The van der Waals surface area contributed by atoms with Gasteiger partial charge in [0.15, 0.2) is 5.09 Å². The average molecular weight is 263 g/mol. The molecule has 16 heavy (non-hydrogen) atoms. The van der Waals surface area contributed by atoms with E-state index in [0.717, 1.165) is 0 Å². The van der Waals surface area contributed by atoms with E-state index in [1.165, 1.54) is 17.8 Å². The van der Waals surface area contributed by atoms with Crippen molar-refractivity contribution in [2.75, 3.05) is 5.75 Å². The van der Waals surface area contributed by atoms with Crippen LogP contribution in [0.4, 0.5) is 0 Å². The number of aliphatic hydroxyl groups excluding tert-OH is 1. The summed E-state index contributed by atoms with van der Waals surface area (Å²) in [7, 11) is -3.85. The van der Waals surface area contributed by atoms with E-state index in [2.05, 4.69) is 0 Å². The standard InChI is InChI=1S/C9H13NO4S2/c1-9(2)4-15-8-5(7(9)11)3-6(14-8)16(10,12)13/h3,7,11H,4H2,1-2H3,(H2,10,12,13). The molecular formula is C9H13NO4S2. The van der Waals surface area contributed by atoms with Gasteiger partial charge in [0.05, 0.1) is 6.10 Å². The zero-order chi connectivity index (χ0) is 12.1. The first-order valence-corrected chi connectivity index (χ1v) is 7.22. The van der Waals surface area contributed by atoms with Crippen molar-refractivity contribution in [3.05, 3.63) is 11.6 Å². The first-order chi connectivity index (χ1) is 7.22. The number of primary sulfonamides is 1. The molecule has 1 aromatic heterocycles. The predicted molar refractivity (Wildman–Crippen MR) is 59.5 cm³/mol. The van der Waals surface area contributed by atoms with E-state index in [4.69, 9.17) is 9.56 Å². The molecular weight excluding hydrogens is 250 g/mol. The maximum atomic E-state index is 11.1. The van der Waals surface area contributed by atoms with Crippen LogP contribution in [0.1, 0.15) is 25.5 Å². The number of sulfonamides is 1. The molecule has 0 saturated carbocycles. The van der Waals surface area contributed by atoms with Gasteiger partial charge in [-0.25, -0.2) is 13.6 Å². The molecule has 7 heteroatoms. The van der Waals surface area contributed by atoms with Crippen molar-refractivity contribution >= 4 is 21.8 Å². The second kappa shape index (κ2) is 3.49. The van der Waals surface area contributed by atoms with Gasteiger partial charge in [0.2, 0.25) is 5.09 Å². The number of fused-ring (bicyclic) bond motifs is 1. The van der Waals surface area contributed by atoms with Crippen LogP contribution in [0.15, 0.2) is 20.7 Å². The summed E-state index contributed by atoms with van der Waals surface area (Å²) in [5, 5.41) is 15.2. The molecule has 2 heterocycles. The van der Waals surface area contributed by atoms with Crippen molar-refractivity contribution < 1.29 is 17.9 Å². The molecule has 0 aromatic carbocycles. The number of thioether (sulfide) groups is 1. The first kappa shape index (κ1) is 12.0. The Morgan fingerprint density at radius 2 is 2.25 bits per heavy atom. The molecule has 1 aliphatic heterocycles. The number of hydrogen-bond acceptors (Lipinski definition) is 5. The number of rotatable bonds is 1. The van der Waals surface area contributed by atoms with Crippen molar-refractivity contribution in [2.45, 2.75) is 30.1 Å². The van der Waals surface area contributed by atoms with E-state index in [0.29, 0.717) is 16.4 Å². The third-order valence-corrected chi connectivity index (χ3v) is 4.82. The minimum absolute atomic E-state index is 0.290. The molecule has 0 amide bonds. The molecule has 1 atom stereocenters. The Morgan fingerprint density at radius 1 is 1.62 bits per heavy atom. The van der Waals surface area contributed by atoms with E-state index < -0.39 is 16.1 Å². The Labute approximate surface area is 98.1 Å². The van der Waals surface area contributed by atoms with Crippen LogP contribution in [0, 0.1) is 5.41 Å². The highest BCUT2D eigenvalue weighted by Gasteiger charge is 2.38. The zero-order valence-corrected chi connectivity index (χ0v) is 10.6. The van der Waals surface area contributed by atoms with Crippen molar-refractivity contribution in [3.63, 3.8) is 0 Å². The maximum Gasteiger partial charge on any atom is 0.271 e. The number of nitrogens with two attached hydrogens (primary N) is 1. The molecule has 1 aliphatic rings. The molecule has 5 nitrogen and oxygen atoms in total. The smallest absolute Gasteiger partial charge is 0.271 e. The normalized spacial score (nSPS) is 24.1. The molecule has 0 saturated heterocycles. The Balaban J connectivity index is 2.51. The van der Waals surface area contributed by atoms with Crippen LogP contribution in [0.2, 0.25) is 0 Å². The molecule has 90 valence electrons. The maximum absolute atomic E-state index is 11.1. The van der Waals surface area contributed by atoms with Gasteiger partial charge in [-0.15, -0.1) is 0 Å². The fourth-order valence-electron chi connectivity index (χ4n) is 1.56. The van der Waals surface area contributed by atoms with E-state index in [-0.39, 0.29) is 10.5 Å². The third-order valence-electron chi connectivity index (χ3n) is 2.59. The lowest BCUT2D eigenvalue weighted by atomic mass is 9.85. The van der Waals surface area contributed by atoms with Crippen LogP contribution >= 0.6 is 11.8 Å². The summed E-state index contributed by atoms with van der Waals surface area (Å²) >= 11 is 1.39. The number of furan rings is 1. The molecule has 3 N–H and O–H groups in total. The summed E-state index contributed by atoms with van der Waals surface area (Å²) in [5.41, 5.74) is 0.197. The Bertz CT molecular complexity index is 518. The lowest BCUT2D eigenvalue weighted by Crippen LogP contribution is -2.27. The third kappa shape index (κ3) is 1.88. The second-order valence-corrected chi connectivity index (χ2v) is 6.97. The van der Waals surface area contributed by atoms with E-state index in [1.807, 2.05) is 13.8 Å². The van der Waals surface area contributed by atoms with Gasteiger partial charge in [-0.05, 0) is 0 Å². The van der Waals surface area contributed by atoms with Gasteiger partial charge in [0.1, 0.15) is 0 Å². The predicted octanol–water partition coefficient (Wildman–Crippen LogP) is 1.09. The summed E-state index contributed by atoms with van der Waals surface area (Å²) in [5.74, 6) is 0.665. The summed E-state index contributed by atoms with van der Waals surface area (Å²) < 4.78 is 27.3. The fraction of sp³-hybridized carbons (Fsp3) is 0.556. The van der Waals surface area contributed by atoms with Crippen LogP contribution in [0.3, 0.4) is 0 Å². The highest BCUT2D eigenvalue weighted by molar-refractivity contribution is 7.99. The quantitative estimate of drug-likeness (QED) is 0.791. The van der Waals surface area contributed by atoms with Crippen LogP contribution in [0.25, 0.3) is 0 Å². The lowest BCUT2D eigenvalue weighted by molar-refractivity contribution is 0.0582. The van der Waals surface area contributed by atoms with Crippen LogP contribution < -0.4 is 5.14 Å². The van der Waals surface area contributed by atoms with Gasteiger partial charge >= 0.3 is 0 Å². The van der Waals surface area contributed by atoms with Gasteiger partial charge in [0, 0.05) is 22.8 Å². The SMILES string of the molecule is CC1(C)CSc2oc(S(N)(=O)=O)cc2C1O. The highest BCUT2D eigenvalue weighted by atomic mass is 32.2. The average Bonchev–Trinajstić information content (AvgIpc) is 2.55. The fourth-order valence-corrected chi connectivity index (χ4v) is 3.25. The Hall–Kier alpha value is -0.500. The molecule has 0 aliphatic carbocycles. The largest absolute Gasteiger partial charge is 0.437 e. The monoisotopic (exact) mass is 263 g/mol. The summed E-state index contributed by atoms with van der Waals surface area (Å²) in [6.07, 6.45) is -0.733. The van der Waals surface area contributed by atoms with Gasteiger partial charge in [-0.3, -0.25) is 0 Å². The minimum Gasteiger partial charge on any atom is -0.437 e. The molecule has 0 fully saturated rings. The number of aliphatic hydroxyl groups is 1. The van der Waals surface area contributed by atoms with Crippen molar-refractivity contribution in [1.29, 1.82) is 0 Å². The van der Waals surface area contributed by atoms with Crippen LogP contribution in [-0.4, -0.2) is 19.3 Å². The summed E-state index contributed by atoms with van der Waals surface area (Å²) in [6, 6.07) is 1.31. The van der Waals surface area contributed by atoms with E-state index in [9.17, 15) is 13.5 Å². The second-order valence-electron chi connectivity index (χ2n) is 4.53. The van der Waals surface area contributed by atoms with Gasteiger partial charge in [-0.2, -0.15) is 0 Å². The molecule has 0 spiro atoms. The van der Waals surface area contributed by atoms with Gasteiger partial charge in [-0.1, -0.05) is 25.6 Å². The van der Waals surface area contributed by atoms with Crippen molar-refractivity contribution in [2.24, 2.45) is 10.6 Å². The zero-order valence-electron chi connectivity index (χ0n) is 8.93. The summed E-state index contributed by atoms with van der Waals surface area (Å²) in [6.45, 7) is 3.83. The molecule has 1 aromatic rings. The Morgan fingerprint density at radius 3 is 2.81 bits per heavy atom. The van der Waals surface area contributed by atoms with E-state index >= 15 is 0 Å². The minimum atomic E-state index is -3.85. The van der Waals surface area contributed by atoms with Gasteiger partial charge in [0.25, 0.3) is 10.0 Å². The molecule has 1 unspecified atom stereocenters. The van der Waals surface area contributed by atoms with Gasteiger partial charge < -0.3 is 9.52 Å². The molecule has 0 radical (unpaired) electrons. The van der Waals surface area contributed by atoms with Crippen molar-refractivity contribution in [1.82, 2.24) is 0 Å². The summed E-state index contributed by atoms with van der Waals surface area (Å²) in [4.78, 5) is 0. The lowest BCUT2D eigenvalue weighted by Gasteiger charge is -2.33.